The number of anilines is 2. The van der Waals surface area contributed by atoms with E-state index in [0.717, 1.165) is 13.1 Å². The number of benzene rings is 1. The first-order valence-electron chi connectivity index (χ1n) is 6.08. The van der Waals surface area contributed by atoms with E-state index in [-0.39, 0.29) is 5.41 Å². The van der Waals surface area contributed by atoms with Crippen LogP contribution < -0.4 is 10.2 Å². The van der Waals surface area contributed by atoms with E-state index in [1.54, 1.807) is 0 Å². The van der Waals surface area contributed by atoms with Crippen molar-refractivity contribution in [3.8, 4) is 0 Å². The van der Waals surface area contributed by atoms with Gasteiger partial charge in [-0.2, -0.15) is 0 Å². The minimum atomic E-state index is 0.224. The van der Waals surface area contributed by atoms with Crippen LogP contribution in [0.25, 0.3) is 0 Å². The molecule has 1 aliphatic heterocycles. The Balaban J connectivity index is 2.41. The van der Waals surface area contributed by atoms with Gasteiger partial charge in [-0.05, 0) is 29.5 Å². The van der Waals surface area contributed by atoms with Crippen LogP contribution in [0.3, 0.4) is 0 Å². The van der Waals surface area contributed by atoms with Gasteiger partial charge >= 0.3 is 0 Å². The fraction of sp³-hybridized carbons (Fsp3) is 0.571. The third-order valence-corrected chi connectivity index (χ3v) is 3.26. The van der Waals surface area contributed by atoms with Gasteiger partial charge in [0.2, 0.25) is 0 Å². The second-order valence-corrected chi connectivity index (χ2v) is 5.68. The maximum absolute atomic E-state index is 3.53. The van der Waals surface area contributed by atoms with E-state index in [4.69, 9.17) is 0 Å². The first-order chi connectivity index (χ1) is 7.48. The number of fused-ring (bicyclic) bond motifs is 1. The summed E-state index contributed by atoms with van der Waals surface area (Å²) in [4.78, 5) is 2.34. The molecule has 0 radical (unpaired) electrons. The highest BCUT2D eigenvalue weighted by Crippen LogP contribution is 2.32. The van der Waals surface area contributed by atoms with E-state index in [2.05, 4.69) is 56.2 Å². The van der Waals surface area contributed by atoms with Crippen LogP contribution in [-0.4, -0.2) is 20.1 Å². The molecule has 1 aromatic carbocycles. The molecule has 0 unspecified atom stereocenters. The van der Waals surface area contributed by atoms with Gasteiger partial charge in [-0.1, -0.05) is 26.8 Å². The Kier molecular flexibility index (Phi) is 2.83. The van der Waals surface area contributed by atoms with Crippen LogP contribution in [0.1, 0.15) is 32.8 Å². The number of hydrogen-bond acceptors (Lipinski definition) is 2. The topological polar surface area (TPSA) is 15.3 Å². The van der Waals surface area contributed by atoms with Crippen LogP contribution in [0.15, 0.2) is 18.2 Å². The summed E-state index contributed by atoms with van der Waals surface area (Å²) in [6.07, 6.45) is 1.20. The molecule has 1 aliphatic rings. The van der Waals surface area contributed by atoms with Gasteiger partial charge in [0.1, 0.15) is 0 Å². The lowest BCUT2D eigenvalue weighted by Crippen LogP contribution is -2.18. The molecular formula is C14H22N2. The zero-order valence-electron chi connectivity index (χ0n) is 10.8. The zero-order valence-corrected chi connectivity index (χ0v) is 10.8. The number of nitrogens with zero attached hydrogens (tertiary/aromatic N) is 1. The molecule has 2 nitrogen and oxygen atoms in total. The second kappa shape index (κ2) is 4.00. The summed E-state index contributed by atoms with van der Waals surface area (Å²) in [6.45, 7) is 8.99. The number of hydrogen-bond donors (Lipinski definition) is 1. The molecule has 0 saturated heterocycles. The molecule has 0 saturated carbocycles. The van der Waals surface area contributed by atoms with Gasteiger partial charge in [-0.3, -0.25) is 0 Å². The predicted octanol–water partition coefficient (Wildman–Crippen LogP) is 3.24. The first-order valence-corrected chi connectivity index (χ1v) is 6.08. The van der Waals surface area contributed by atoms with E-state index in [1.165, 1.54) is 23.4 Å². The Bertz CT molecular complexity index is 377. The molecule has 2 rings (SSSR count). The molecule has 0 bridgehead atoms. The van der Waals surface area contributed by atoms with Crippen LogP contribution in [0.5, 0.6) is 0 Å². The van der Waals surface area contributed by atoms with E-state index in [0.29, 0.717) is 0 Å². The summed E-state index contributed by atoms with van der Waals surface area (Å²) in [5.74, 6) is 0. The van der Waals surface area contributed by atoms with Crippen LogP contribution in [0.2, 0.25) is 0 Å². The normalized spacial score (nSPS) is 16.4. The van der Waals surface area contributed by atoms with Crippen molar-refractivity contribution in [3.05, 3.63) is 23.8 Å². The van der Waals surface area contributed by atoms with E-state index >= 15 is 0 Å². The minimum Gasteiger partial charge on any atom is -0.383 e. The minimum absolute atomic E-state index is 0.224. The van der Waals surface area contributed by atoms with Gasteiger partial charge < -0.3 is 10.2 Å². The summed E-state index contributed by atoms with van der Waals surface area (Å²) in [6, 6.07) is 6.80. The quantitative estimate of drug-likeness (QED) is 0.719. The van der Waals surface area contributed by atoms with Crippen molar-refractivity contribution in [3.63, 3.8) is 0 Å². The predicted molar refractivity (Wildman–Crippen MR) is 71.5 cm³/mol. The zero-order chi connectivity index (χ0) is 11.8. The molecule has 1 heterocycles. The van der Waals surface area contributed by atoms with Crippen LogP contribution >= 0.6 is 0 Å². The first kappa shape index (κ1) is 11.3. The van der Waals surface area contributed by atoms with Crippen molar-refractivity contribution in [2.75, 3.05) is 30.4 Å². The summed E-state index contributed by atoms with van der Waals surface area (Å²) in [5.41, 5.74) is 4.23. The average Bonchev–Trinajstić information content (AvgIpc) is 2.39. The molecule has 0 atom stereocenters. The summed E-state index contributed by atoms with van der Waals surface area (Å²) in [5, 5.41) is 3.53. The fourth-order valence-corrected chi connectivity index (χ4v) is 2.14. The van der Waals surface area contributed by atoms with Crippen molar-refractivity contribution in [1.82, 2.24) is 0 Å². The summed E-state index contributed by atoms with van der Waals surface area (Å²) in [7, 11) is 2.17. The highest BCUT2D eigenvalue weighted by Gasteiger charge is 2.17. The molecule has 0 aromatic heterocycles. The highest BCUT2D eigenvalue weighted by atomic mass is 15.1. The lowest BCUT2D eigenvalue weighted by Gasteiger charge is -2.24. The van der Waals surface area contributed by atoms with Crippen molar-refractivity contribution in [1.29, 1.82) is 0 Å². The number of rotatable bonds is 0. The third kappa shape index (κ3) is 2.16. The fourth-order valence-electron chi connectivity index (χ4n) is 2.14. The van der Waals surface area contributed by atoms with Crippen molar-refractivity contribution >= 4 is 11.4 Å². The Morgan fingerprint density at radius 3 is 2.69 bits per heavy atom. The Morgan fingerprint density at radius 2 is 2.00 bits per heavy atom. The van der Waals surface area contributed by atoms with Crippen LogP contribution in [-0.2, 0) is 5.41 Å². The Morgan fingerprint density at radius 1 is 1.25 bits per heavy atom. The van der Waals surface area contributed by atoms with Gasteiger partial charge in [0.25, 0.3) is 0 Å². The lowest BCUT2D eigenvalue weighted by atomic mass is 9.86. The summed E-state index contributed by atoms with van der Waals surface area (Å²) < 4.78 is 0. The third-order valence-electron chi connectivity index (χ3n) is 3.26. The Labute approximate surface area is 98.7 Å². The molecule has 1 N–H and O–H groups in total. The SMILES string of the molecule is CN1CCCNc2cc(C(C)(C)C)ccc21. The van der Waals surface area contributed by atoms with E-state index < -0.39 is 0 Å². The standard InChI is InChI=1S/C14H22N2/c1-14(2,3)11-6-7-13-12(10-11)15-8-5-9-16(13)4/h6-7,10,15H,5,8-9H2,1-4H3. The maximum Gasteiger partial charge on any atom is 0.0599 e. The largest absolute Gasteiger partial charge is 0.383 e. The smallest absolute Gasteiger partial charge is 0.0599 e. The summed E-state index contributed by atoms with van der Waals surface area (Å²) >= 11 is 0. The van der Waals surface area contributed by atoms with E-state index in [1.807, 2.05) is 0 Å². The molecule has 0 spiro atoms. The van der Waals surface area contributed by atoms with E-state index in [9.17, 15) is 0 Å². The molecule has 2 heteroatoms. The van der Waals surface area contributed by atoms with Gasteiger partial charge in [0.15, 0.2) is 0 Å². The van der Waals surface area contributed by atoms with Crippen molar-refractivity contribution in [2.45, 2.75) is 32.6 Å². The molecule has 1 aromatic rings. The molecule has 0 amide bonds. The molecular weight excluding hydrogens is 196 g/mol. The highest BCUT2D eigenvalue weighted by molar-refractivity contribution is 5.71. The van der Waals surface area contributed by atoms with Gasteiger partial charge in [-0.25, -0.2) is 0 Å². The van der Waals surface area contributed by atoms with Crippen molar-refractivity contribution in [2.24, 2.45) is 0 Å². The van der Waals surface area contributed by atoms with Gasteiger partial charge in [0, 0.05) is 20.1 Å². The van der Waals surface area contributed by atoms with Gasteiger partial charge in [-0.15, -0.1) is 0 Å². The second-order valence-electron chi connectivity index (χ2n) is 5.68. The molecule has 0 fully saturated rings. The van der Waals surface area contributed by atoms with Crippen LogP contribution in [0, 0.1) is 0 Å². The lowest BCUT2D eigenvalue weighted by molar-refractivity contribution is 0.590. The van der Waals surface area contributed by atoms with Crippen molar-refractivity contribution < 1.29 is 0 Å². The molecule has 16 heavy (non-hydrogen) atoms. The maximum atomic E-state index is 3.53. The monoisotopic (exact) mass is 218 g/mol. The van der Waals surface area contributed by atoms with Gasteiger partial charge in [0.05, 0.1) is 11.4 Å². The number of nitrogens with one attached hydrogen (secondary N) is 1. The Hall–Kier alpha value is -1.18. The van der Waals surface area contributed by atoms with Crippen LogP contribution in [0.4, 0.5) is 11.4 Å². The average molecular weight is 218 g/mol. The molecule has 88 valence electrons. The molecule has 0 aliphatic carbocycles.